The maximum Gasteiger partial charge on any atom is 0.254 e. The topological polar surface area (TPSA) is 40.5 Å². The van der Waals surface area contributed by atoms with Crippen molar-refractivity contribution in [1.29, 1.82) is 0 Å². The van der Waals surface area contributed by atoms with Crippen molar-refractivity contribution in [2.45, 2.75) is 32.1 Å². The van der Waals surface area contributed by atoms with E-state index in [0.29, 0.717) is 10.8 Å². The summed E-state index contributed by atoms with van der Waals surface area (Å²) in [5.74, 6) is 6.61. The van der Waals surface area contributed by atoms with Gasteiger partial charge in [0.15, 0.2) is 0 Å². The van der Waals surface area contributed by atoms with E-state index in [1.807, 2.05) is 41.8 Å². The fraction of sp³-hybridized carbons (Fsp3) is 0.471. The molecule has 1 heterocycles. The van der Waals surface area contributed by atoms with E-state index in [2.05, 4.69) is 25.7 Å². The molecule has 0 aliphatic carbocycles. The first-order valence-electron chi connectivity index (χ1n) is 7.17. The van der Waals surface area contributed by atoms with E-state index in [9.17, 15) is 4.79 Å². The van der Waals surface area contributed by atoms with Crippen molar-refractivity contribution in [1.82, 2.24) is 4.90 Å². The fourth-order valence-corrected chi connectivity index (χ4v) is 3.51. The Morgan fingerprint density at radius 2 is 2.24 bits per heavy atom. The van der Waals surface area contributed by atoms with E-state index in [1.54, 1.807) is 0 Å². The van der Waals surface area contributed by atoms with Gasteiger partial charge < -0.3 is 10.0 Å². The third kappa shape index (κ3) is 3.61. The number of amides is 1. The highest BCUT2D eigenvalue weighted by molar-refractivity contribution is 8.00. The Labute approximate surface area is 130 Å². The maximum absolute atomic E-state index is 12.7. The molecule has 0 bridgehead atoms. The number of aryl methyl sites for hydroxylation is 1. The molecule has 0 spiro atoms. The summed E-state index contributed by atoms with van der Waals surface area (Å²) in [6, 6.07) is 5.85. The molecule has 1 aliphatic rings. The number of rotatable bonds is 1. The van der Waals surface area contributed by atoms with Gasteiger partial charge in [-0.1, -0.05) is 24.8 Å². The SMILES string of the molecule is Cc1ccc(C(=O)N2CCSC(C)C2C)cc1C#CCO. The van der Waals surface area contributed by atoms with E-state index in [-0.39, 0.29) is 18.6 Å². The van der Waals surface area contributed by atoms with Crippen LogP contribution in [0.15, 0.2) is 18.2 Å². The minimum Gasteiger partial charge on any atom is -0.384 e. The van der Waals surface area contributed by atoms with Crippen LogP contribution >= 0.6 is 11.8 Å². The molecule has 2 rings (SSSR count). The zero-order chi connectivity index (χ0) is 15.4. The molecule has 0 radical (unpaired) electrons. The van der Waals surface area contributed by atoms with Gasteiger partial charge in [0.1, 0.15) is 6.61 Å². The average molecular weight is 303 g/mol. The fourth-order valence-electron chi connectivity index (χ4n) is 2.41. The van der Waals surface area contributed by atoms with Crippen LogP contribution in [0, 0.1) is 18.8 Å². The Kier molecular flexibility index (Phi) is 5.33. The monoisotopic (exact) mass is 303 g/mol. The maximum atomic E-state index is 12.7. The number of hydrogen-bond donors (Lipinski definition) is 1. The number of thioether (sulfide) groups is 1. The molecule has 0 saturated carbocycles. The highest BCUT2D eigenvalue weighted by atomic mass is 32.2. The third-order valence-electron chi connectivity index (χ3n) is 3.93. The van der Waals surface area contributed by atoms with Crippen molar-refractivity contribution >= 4 is 17.7 Å². The normalized spacial score (nSPS) is 21.6. The van der Waals surface area contributed by atoms with Crippen LogP contribution in [0.1, 0.15) is 35.3 Å². The van der Waals surface area contributed by atoms with Gasteiger partial charge in [-0.2, -0.15) is 11.8 Å². The molecule has 4 heteroatoms. The second kappa shape index (κ2) is 7.02. The zero-order valence-electron chi connectivity index (χ0n) is 12.7. The zero-order valence-corrected chi connectivity index (χ0v) is 13.5. The molecule has 3 nitrogen and oxygen atoms in total. The summed E-state index contributed by atoms with van der Waals surface area (Å²) in [4.78, 5) is 14.7. The number of carbonyl (C=O) groups excluding carboxylic acids is 1. The van der Waals surface area contributed by atoms with Crippen LogP contribution in [0.5, 0.6) is 0 Å². The largest absolute Gasteiger partial charge is 0.384 e. The molecule has 1 N–H and O–H groups in total. The van der Waals surface area contributed by atoms with E-state index >= 15 is 0 Å². The smallest absolute Gasteiger partial charge is 0.254 e. The lowest BCUT2D eigenvalue weighted by molar-refractivity contribution is 0.0698. The van der Waals surface area contributed by atoms with Crippen molar-refractivity contribution in [3.8, 4) is 11.8 Å². The second-order valence-corrected chi connectivity index (χ2v) is 6.79. The highest BCUT2D eigenvalue weighted by Gasteiger charge is 2.29. The van der Waals surface area contributed by atoms with E-state index < -0.39 is 0 Å². The van der Waals surface area contributed by atoms with Crippen LogP contribution in [-0.4, -0.2) is 46.1 Å². The third-order valence-corrected chi connectivity index (χ3v) is 5.27. The van der Waals surface area contributed by atoms with Crippen molar-refractivity contribution in [2.24, 2.45) is 0 Å². The van der Waals surface area contributed by atoms with Gasteiger partial charge in [0, 0.05) is 34.7 Å². The van der Waals surface area contributed by atoms with Gasteiger partial charge in [-0.25, -0.2) is 0 Å². The summed E-state index contributed by atoms with van der Waals surface area (Å²) in [6.45, 7) is 6.85. The van der Waals surface area contributed by atoms with Gasteiger partial charge in [0.25, 0.3) is 5.91 Å². The summed E-state index contributed by atoms with van der Waals surface area (Å²) in [5, 5.41) is 9.27. The predicted molar refractivity (Wildman–Crippen MR) is 87.6 cm³/mol. The molecule has 0 aromatic heterocycles. The summed E-state index contributed by atoms with van der Waals surface area (Å²) >= 11 is 1.92. The highest BCUT2D eigenvalue weighted by Crippen LogP contribution is 2.26. The van der Waals surface area contributed by atoms with E-state index in [1.165, 1.54) is 0 Å². The lowest BCUT2D eigenvalue weighted by atomic mass is 10.0. The quantitative estimate of drug-likeness (QED) is 0.809. The van der Waals surface area contributed by atoms with Gasteiger partial charge in [-0.3, -0.25) is 4.79 Å². The Morgan fingerprint density at radius 1 is 1.48 bits per heavy atom. The first kappa shape index (κ1) is 15.9. The van der Waals surface area contributed by atoms with E-state index in [4.69, 9.17) is 5.11 Å². The molecule has 112 valence electrons. The number of hydrogen-bond acceptors (Lipinski definition) is 3. The van der Waals surface area contributed by atoms with Crippen LogP contribution in [0.2, 0.25) is 0 Å². The summed E-state index contributed by atoms with van der Waals surface area (Å²) in [5.41, 5.74) is 2.50. The Morgan fingerprint density at radius 3 is 2.95 bits per heavy atom. The standard InChI is InChI=1S/C17H21NO2S/c1-12-6-7-16(11-15(12)5-4-9-19)17(20)18-8-10-21-14(3)13(18)2/h6-7,11,13-14,19H,8-10H2,1-3H3. The molecule has 1 aromatic rings. The van der Waals surface area contributed by atoms with Crippen molar-refractivity contribution in [2.75, 3.05) is 18.9 Å². The van der Waals surface area contributed by atoms with Gasteiger partial charge in [-0.15, -0.1) is 0 Å². The predicted octanol–water partition coefficient (Wildman–Crippen LogP) is 2.30. The van der Waals surface area contributed by atoms with Crippen molar-refractivity contribution < 1.29 is 9.90 Å². The lowest BCUT2D eigenvalue weighted by Crippen LogP contribution is -2.47. The summed E-state index contributed by atoms with van der Waals surface area (Å²) < 4.78 is 0. The van der Waals surface area contributed by atoms with Crippen LogP contribution < -0.4 is 0 Å². The number of nitrogens with zero attached hydrogens (tertiary/aromatic N) is 1. The molecular weight excluding hydrogens is 282 g/mol. The molecule has 21 heavy (non-hydrogen) atoms. The molecule has 1 fully saturated rings. The number of aliphatic hydroxyl groups excluding tert-OH is 1. The van der Waals surface area contributed by atoms with Gasteiger partial charge in [0.05, 0.1) is 0 Å². The Bertz CT molecular complexity index is 588. The lowest BCUT2D eigenvalue weighted by Gasteiger charge is -2.37. The molecule has 1 saturated heterocycles. The Balaban J connectivity index is 2.27. The van der Waals surface area contributed by atoms with Crippen LogP contribution in [-0.2, 0) is 0 Å². The minimum atomic E-state index is -0.171. The molecule has 1 aromatic carbocycles. The molecule has 1 aliphatic heterocycles. The molecular formula is C17H21NO2S. The summed E-state index contributed by atoms with van der Waals surface area (Å²) in [7, 11) is 0. The van der Waals surface area contributed by atoms with Crippen LogP contribution in [0.4, 0.5) is 0 Å². The van der Waals surface area contributed by atoms with Crippen molar-refractivity contribution in [3.05, 3.63) is 34.9 Å². The van der Waals surface area contributed by atoms with Crippen LogP contribution in [0.25, 0.3) is 0 Å². The number of carbonyl (C=O) groups is 1. The minimum absolute atomic E-state index is 0.0710. The van der Waals surface area contributed by atoms with Crippen molar-refractivity contribution in [3.63, 3.8) is 0 Å². The summed E-state index contributed by atoms with van der Waals surface area (Å²) in [6.07, 6.45) is 0. The molecule has 1 amide bonds. The first-order chi connectivity index (χ1) is 10.0. The number of benzene rings is 1. The van der Waals surface area contributed by atoms with Gasteiger partial charge >= 0.3 is 0 Å². The van der Waals surface area contributed by atoms with E-state index in [0.717, 1.165) is 23.4 Å². The van der Waals surface area contributed by atoms with Crippen LogP contribution in [0.3, 0.4) is 0 Å². The average Bonchev–Trinajstić information content (AvgIpc) is 2.48. The first-order valence-corrected chi connectivity index (χ1v) is 8.22. The second-order valence-electron chi connectivity index (χ2n) is 5.30. The van der Waals surface area contributed by atoms with Gasteiger partial charge in [-0.05, 0) is 31.5 Å². The molecule has 2 unspecified atom stereocenters. The Hall–Kier alpha value is -1.44. The molecule has 2 atom stereocenters. The number of aliphatic hydroxyl groups is 1. The van der Waals surface area contributed by atoms with Gasteiger partial charge in [0.2, 0.25) is 0 Å².